The van der Waals surface area contributed by atoms with Crippen molar-refractivity contribution >= 4 is 11.6 Å². The number of aromatic nitrogens is 2. The molecule has 2 heterocycles. The molecule has 0 spiro atoms. The third kappa shape index (κ3) is 2.76. The number of para-hydroxylation sites is 1. The number of anilines is 2. The van der Waals surface area contributed by atoms with Crippen LogP contribution in [0.5, 0.6) is 0 Å². The number of nitrogens with two attached hydrogens (primary N) is 1. The molecule has 0 amide bonds. The van der Waals surface area contributed by atoms with Crippen LogP contribution in [0.4, 0.5) is 11.6 Å². The van der Waals surface area contributed by atoms with E-state index in [0.717, 1.165) is 30.8 Å². The van der Waals surface area contributed by atoms with Crippen LogP contribution in [0.3, 0.4) is 0 Å². The van der Waals surface area contributed by atoms with Gasteiger partial charge >= 0.3 is 0 Å². The Morgan fingerprint density at radius 3 is 2.71 bits per heavy atom. The number of fused-ring (bicyclic) bond motifs is 1. The highest BCUT2D eigenvalue weighted by Gasteiger charge is 2.28. The molecule has 0 aliphatic carbocycles. The second-order valence-corrected chi connectivity index (χ2v) is 5.82. The van der Waals surface area contributed by atoms with Crippen LogP contribution in [0.25, 0.3) is 0 Å². The molecule has 2 atom stereocenters. The minimum absolute atomic E-state index is 0.186. The molecule has 2 N–H and O–H groups in total. The van der Waals surface area contributed by atoms with Gasteiger partial charge in [-0.1, -0.05) is 25.1 Å². The first-order valence-electron chi connectivity index (χ1n) is 7.62. The Labute approximate surface area is 126 Å². The molecule has 1 aromatic heterocycles. The van der Waals surface area contributed by atoms with Gasteiger partial charge in [-0.25, -0.2) is 9.97 Å². The van der Waals surface area contributed by atoms with E-state index in [-0.39, 0.29) is 6.04 Å². The number of benzene rings is 1. The lowest BCUT2D eigenvalue weighted by Crippen LogP contribution is -2.26. The van der Waals surface area contributed by atoms with Crippen molar-refractivity contribution in [1.29, 1.82) is 0 Å². The Morgan fingerprint density at radius 1 is 1.29 bits per heavy atom. The van der Waals surface area contributed by atoms with Gasteiger partial charge in [0.2, 0.25) is 5.95 Å². The van der Waals surface area contributed by atoms with Gasteiger partial charge in [-0.15, -0.1) is 0 Å². The second-order valence-electron chi connectivity index (χ2n) is 5.82. The predicted octanol–water partition coefficient (Wildman–Crippen LogP) is 2.84. The summed E-state index contributed by atoms with van der Waals surface area (Å²) in [6.45, 7) is 4.31. The molecule has 1 aliphatic rings. The minimum atomic E-state index is 0.186. The number of rotatable bonds is 4. The molecule has 21 heavy (non-hydrogen) atoms. The zero-order chi connectivity index (χ0) is 14.8. The van der Waals surface area contributed by atoms with Crippen molar-refractivity contribution in [1.82, 2.24) is 9.97 Å². The average molecular weight is 282 g/mol. The van der Waals surface area contributed by atoms with Gasteiger partial charge in [-0.3, -0.25) is 0 Å². The number of hydrogen-bond donors (Lipinski definition) is 1. The van der Waals surface area contributed by atoms with Crippen molar-refractivity contribution in [2.24, 2.45) is 5.73 Å². The zero-order valence-corrected chi connectivity index (χ0v) is 12.7. The van der Waals surface area contributed by atoms with Crippen molar-refractivity contribution in [2.75, 3.05) is 4.90 Å². The summed E-state index contributed by atoms with van der Waals surface area (Å²) >= 11 is 0. The molecular formula is C17H22N4. The summed E-state index contributed by atoms with van der Waals surface area (Å²) in [7, 11) is 0. The van der Waals surface area contributed by atoms with Gasteiger partial charge < -0.3 is 10.6 Å². The van der Waals surface area contributed by atoms with Gasteiger partial charge in [0.05, 0.1) is 0 Å². The molecule has 0 saturated carbocycles. The molecule has 0 saturated heterocycles. The summed E-state index contributed by atoms with van der Waals surface area (Å²) in [5, 5.41) is 0. The maximum absolute atomic E-state index is 5.98. The topological polar surface area (TPSA) is 55.0 Å². The Balaban J connectivity index is 1.84. The SMILES string of the molecule is CCC(N)Cc1cnc(N2c3ccccc3CC2C)nc1. The summed E-state index contributed by atoms with van der Waals surface area (Å²) < 4.78 is 0. The van der Waals surface area contributed by atoms with Crippen LogP contribution in [0, 0.1) is 0 Å². The van der Waals surface area contributed by atoms with E-state index in [2.05, 4.69) is 53.0 Å². The van der Waals surface area contributed by atoms with E-state index in [1.807, 2.05) is 12.4 Å². The Hall–Kier alpha value is -1.94. The fraction of sp³-hybridized carbons (Fsp3) is 0.412. The molecule has 2 unspecified atom stereocenters. The maximum atomic E-state index is 5.98. The number of hydrogen-bond acceptors (Lipinski definition) is 4. The van der Waals surface area contributed by atoms with Crippen LogP contribution in [-0.2, 0) is 12.8 Å². The summed E-state index contributed by atoms with van der Waals surface area (Å²) in [6, 6.07) is 9.06. The molecule has 110 valence electrons. The smallest absolute Gasteiger partial charge is 0.230 e. The molecule has 4 nitrogen and oxygen atoms in total. The first-order valence-corrected chi connectivity index (χ1v) is 7.62. The molecule has 0 bridgehead atoms. The molecule has 0 fully saturated rings. The second kappa shape index (κ2) is 5.82. The Bertz CT molecular complexity index is 608. The van der Waals surface area contributed by atoms with Gasteiger partial charge in [-0.2, -0.15) is 0 Å². The van der Waals surface area contributed by atoms with E-state index in [4.69, 9.17) is 5.73 Å². The lowest BCUT2D eigenvalue weighted by atomic mass is 10.1. The normalized spacial score (nSPS) is 18.6. The van der Waals surface area contributed by atoms with Crippen LogP contribution >= 0.6 is 0 Å². The van der Waals surface area contributed by atoms with Gasteiger partial charge in [-0.05, 0) is 43.4 Å². The van der Waals surface area contributed by atoms with Crippen molar-refractivity contribution in [3.8, 4) is 0 Å². The quantitative estimate of drug-likeness (QED) is 0.937. The van der Waals surface area contributed by atoms with Gasteiger partial charge in [0.15, 0.2) is 0 Å². The molecule has 3 rings (SSSR count). The van der Waals surface area contributed by atoms with Gasteiger partial charge in [0, 0.05) is 30.2 Å². The van der Waals surface area contributed by atoms with E-state index in [9.17, 15) is 0 Å². The highest BCUT2D eigenvalue weighted by molar-refractivity contribution is 5.66. The van der Waals surface area contributed by atoms with Crippen molar-refractivity contribution < 1.29 is 0 Å². The van der Waals surface area contributed by atoms with Crippen LogP contribution < -0.4 is 10.6 Å². The van der Waals surface area contributed by atoms with Crippen molar-refractivity contribution in [3.05, 3.63) is 47.8 Å². The number of nitrogens with zero attached hydrogens (tertiary/aromatic N) is 3. The van der Waals surface area contributed by atoms with Crippen LogP contribution in [0.2, 0.25) is 0 Å². The molecule has 0 radical (unpaired) electrons. The first kappa shape index (κ1) is 14.0. The Morgan fingerprint density at radius 2 is 2.00 bits per heavy atom. The van der Waals surface area contributed by atoms with Crippen LogP contribution in [0.15, 0.2) is 36.7 Å². The third-order valence-electron chi connectivity index (χ3n) is 4.14. The Kier molecular flexibility index (Phi) is 3.88. The standard InChI is InChI=1S/C17H22N4/c1-3-15(18)9-13-10-19-17(20-11-13)21-12(2)8-14-6-4-5-7-16(14)21/h4-7,10-12,15H,3,8-9,18H2,1-2H3. The summed E-state index contributed by atoms with van der Waals surface area (Å²) in [4.78, 5) is 11.3. The highest BCUT2D eigenvalue weighted by Crippen LogP contribution is 2.36. The van der Waals surface area contributed by atoms with Crippen LogP contribution in [-0.4, -0.2) is 22.1 Å². The molecule has 1 aliphatic heterocycles. The van der Waals surface area contributed by atoms with E-state index < -0.39 is 0 Å². The van der Waals surface area contributed by atoms with E-state index in [0.29, 0.717) is 6.04 Å². The zero-order valence-electron chi connectivity index (χ0n) is 12.7. The molecule has 4 heteroatoms. The molecule has 2 aromatic rings. The minimum Gasteiger partial charge on any atom is -0.327 e. The van der Waals surface area contributed by atoms with Crippen molar-refractivity contribution in [2.45, 2.75) is 45.2 Å². The van der Waals surface area contributed by atoms with Gasteiger partial charge in [0.1, 0.15) is 0 Å². The average Bonchev–Trinajstić information content (AvgIpc) is 2.84. The summed E-state index contributed by atoms with van der Waals surface area (Å²) in [5.74, 6) is 0.779. The fourth-order valence-electron chi connectivity index (χ4n) is 2.90. The van der Waals surface area contributed by atoms with E-state index in [1.54, 1.807) is 0 Å². The molecular weight excluding hydrogens is 260 g/mol. The summed E-state index contributed by atoms with van der Waals surface area (Å²) in [6.07, 6.45) is 6.67. The van der Waals surface area contributed by atoms with E-state index >= 15 is 0 Å². The third-order valence-corrected chi connectivity index (χ3v) is 4.14. The predicted molar refractivity (Wildman–Crippen MR) is 85.7 cm³/mol. The largest absolute Gasteiger partial charge is 0.327 e. The van der Waals surface area contributed by atoms with Crippen LogP contribution in [0.1, 0.15) is 31.4 Å². The van der Waals surface area contributed by atoms with Crippen molar-refractivity contribution in [3.63, 3.8) is 0 Å². The van der Waals surface area contributed by atoms with Gasteiger partial charge in [0.25, 0.3) is 0 Å². The van der Waals surface area contributed by atoms with E-state index in [1.165, 1.54) is 11.3 Å². The molecule has 1 aromatic carbocycles. The monoisotopic (exact) mass is 282 g/mol. The lowest BCUT2D eigenvalue weighted by Gasteiger charge is -2.22. The highest BCUT2D eigenvalue weighted by atomic mass is 15.3. The maximum Gasteiger partial charge on any atom is 0.230 e. The first-order chi connectivity index (χ1) is 10.2. The fourth-order valence-corrected chi connectivity index (χ4v) is 2.90. The lowest BCUT2D eigenvalue weighted by molar-refractivity contribution is 0.642. The summed E-state index contributed by atoms with van der Waals surface area (Å²) in [5.41, 5.74) is 9.68.